The highest BCUT2D eigenvalue weighted by Gasteiger charge is 2.31. The third-order valence-corrected chi connectivity index (χ3v) is 3.58. The Bertz CT molecular complexity index is 331. The standard InChI is InChI=1S/C13H24N2O4/c1-13(2,4-3-11(16)17)5-6-15-12(18)9-7-19-8-10(9)14/h9-10H,3-8,14H2,1-2H3,(H,15,18)(H,16,17). The molecule has 1 saturated heterocycles. The minimum Gasteiger partial charge on any atom is -0.481 e. The van der Waals surface area contributed by atoms with Crippen LogP contribution < -0.4 is 11.1 Å². The molecule has 0 bridgehead atoms. The van der Waals surface area contributed by atoms with Crippen LogP contribution in [0.5, 0.6) is 0 Å². The second kappa shape index (κ2) is 6.86. The zero-order valence-corrected chi connectivity index (χ0v) is 11.6. The molecule has 6 nitrogen and oxygen atoms in total. The first-order valence-electron chi connectivity index (χ1n) is 6.65. The van der Waals surface area contributed by atoms with E-state index in [1.807, 2.05) is 13.8 Å². The maximum absolute atomic E-state index is 11.8. The molecule has 1 amide bonds. The van der Waals surface area contributed by atoms with Crippen LogP contribution in [0.3, 0.4) is 0 Å². The third-order valence-electron chi connectivity index (χ3n) is 3.58. The molecule has 19 heavy (non-hydrogen) atoms. The molecule has 1 fully saturated rings. The van der Waals surface area contributed by atoms with E-state index in [1.54, 1.807) is 0 Å². The molecule has 0 aromatic rings. The molecule has 1 aliphatic rings. The maximum atomic E-state index is 11.8. The molecule has 0 aromatic carbocycles. The summed E-state index contributed by atoms with van der Waals surface area (Å²) in [6, 6.07) is -0.222. The minimum absolute atomic E-state index is 0.0703. The minimum atomic E-state index is -0.786. The first-order valence-corrected chi connectivity index (χ1v) is 6.65. The van der Waals surface area contributed by atoms with Crippen LogP contribution in [0.2, 0.25) is 0 Å². The van der Waals surface area contributed by atoms with Crippen molar-refractivity contribution in [2.24, 2.45) is 17.1 Å². The Labute approximate surface area is 113 Å². The van der Waals surface area contributed by atoms with E-state index < -0.39 is 5.97 Å². The van der Waals surface area contributed by atoms with Gasteiger partial charge < -0.3 is 20.9 Å². The smallest absolute Gasteiger partial charge is 0.303 e. The van der Waals surface area contributed by atoms with Crippen LogP contribution in [0.15, 0.2) is 0 Å². The first kappa shape index (κ1) is 15.9. The summed E-state index contributed by atoms with van der Waals surface area (Å²) in [7, 11) is 0. The largest absolute Gasteiger partial charge is 0.481 e. The van der Waals surface area contributed by atoms with E-state index in [9.17, 15) is 9.59 Å². The molecule has 6 heteroatoms. The van der Waals surface area contributed by atoms with Gasteiger partial charge in [0.2, 0.25) is 5.91 Å². The molecular weight excluding hydrogens is 248 g/mol. The molecule has 110 valence electrons. The molecule has 0 radical (unpaired) electrons. The van der Waals surface area contributed by atoms with Gasteiger partial charge in [-0.15, -0.1) is 0 Å². The molecule has 0 aromatic heterocycles. The molecule has 2 unspecified atom stereocenters. The number of rotatable bonds is 7. The summed E-state index contributed by atoms with van der Waals surface area (Å²) in [5.74, 6) is -1.12. The summed E-state index contributed by atoms with van der Waals surface area (Å²) < 4.78 is 5.15. The zero-order chi connectivity index (χ0) is 14.5. The van der Waals surface area contributed by atoms with Gasteiger partial charge in [0.1, 0.15) is 0 Å². The van der Waals surface area contributed by atoms with Gasteiger partial charge in [-0.05, 0) is 18.3 Å². The Hall–Kier alpha value is -1.14. The van der Waals surface area contributed by atoms with Crippen molar-refractivity contribution in [3.63, 3.8) is 0 Å². The monoisotopic (exact) mass is 272 g/mol. The average molecular weight is 272 g/mol. The van der Waals surface area contributed by atoms with Crippen molar-refractivity contribution in [2.45, 2.75) is 39.2 Å². The second-order valence-corrected chi connectivity index (χ2v) is 5.91. The number of hydrogen-bond acceptors (Lipinski definition) is 4. The van der Waals surface area contributed by atoms with E-state index in [0.717, 1.165) is 6.42 Å². The van der Waals surface area contributed by atoms with Crippen molar-refractivity contribution >= 4 is 11.9 Å². The fourth-order valence-electron chi connectivity index (χ4n) is 2.07. The van der Waals surface area contributed by atoms with Crippen molar-refractivity contribution in [1.82, 2.24) is 5.32 Å². The van der Waals surface area contributed by atoms with Crippen LogP contribution in [0.25, 0.3) is 0 Å². The Morgan fingerprint density at radius 3 is 2.58 bits per heavy atom. The van der Waals surface area contributed by atoms with Gasteiger partial charge in [-0.25, -0.2) is 0 Å². The number of hydrogen-bond donors (Lipinski definition) is 3. The molecule has 0 aliphatic carbocycles. The van der Waals surface area contributed by atoms with Crippen LogP contribution in [-0.2, 0) is 14.3 Å². The predicted molar refractivity (Wildman–Crippen MR) is 70.6 cm³/mol. The Morgan fingerprint density at radius 2 is 2.05 bits per heavy atom. The fraction of sp³-hybridized carbons (Fsp3) is 0.846. The highest BCUT2D eigenvalue weighted by atomic mass is 16.5. The second-order valence-electron chi connectivity index (χ2n) is 5.91. The number of carboxylic acids is 1. The van der Waals surface area contributed by atoms with Crippen molar-refractivity contribution in [2.75, 3.05) is 19.8 Å². The summed E-state index contributed by atoms with van der Waals surface area (Å²) in [5.41, 5.74) is 5.67. The van der Waals surface area contributed by atoms with Crippen molar-refractivity contribution in [3.05, 3.63) is 0 Å². The molecule has 4 N–H and O–H groups in total. The fourth-order valence-corrected chi connectivity index (χ4v) is 2.07. The zero-order valence-electron chi connectivity index (χ0n) is 11.6. The van der Waals surface area contributed by atoms with Gasteiger partial charge in [-0.3, -0.25) is 9.59 Å². The number of amides is 1. The van der Waals surface area contributed by atoms with E-state index in [4.69, 9.17) is 15.6 Å². The molecule has 1 aliphatic heterocycles. The van der Waals surface area contributed by atoms with Gasteiger partial charge in [0.25, 0.3) is 0 Å². The van der Waals surface area contributed by atoms with Crippen LogP contribution in [0, 0.1) is 11.3 Å². The van der Waals surface area contributed by atoms with E-state index in [0.29, 0.717) is 26.2 Å². The number of aliphatic carboxylic acids is 1. The molecule has 2 atom stereocenters. The van der Waals surface area contributed by atoms with Gasteiger partial charge in [-0.2, -0.15) is 0 Å². The number of carboxylic acid groups (broad SMARTS) is 1. The van der Waals surface area contributed by atoms with Crippen molar-refractivity contribution in [1.29, 1.82) is 0 Å². The third kappa shape index (κ3) is 5.57. The van der Waals surface area contributed by atoms with Crippen LogP contribution in [-0.4, -0.2) is 42.8 Å². The average Bonchev–Trinajstić information content (AvgIpc) is 2.73. The lowest BCUT2D eigenvalue weighted by Gasteiger charge is -2.24. The molecule has 1 rings (SSSR count). The van der Waals surface area contributed by atoms with E-state index in [1.165, 1.54) is 0 Å². The van der Waals surface area contributed by atoms with Crippen molar-refractivity contribution in [3.8, 4) is 0 Å². The molecule has 0 saturated carbocycles. The Balaban J connectivity index is 2.25. The number of ether oxygens (including phenoxy) is 1. The topological polar surface area (TPSA) is 102 Å². The van der Waals surface area contributed by atoms with Crippen LogP contribution >= 0.6 is 0 Å². The number of nitrogens with two attached hydrogens (primary N) is 1. The highest BCUT2D eigenvalue weighted by molar-refractivity contribution is 5.79. The van der Waals surface area contributed by atoms with Crippen LogP contribution in [0.1, 0.15) is 33.1 Å². The SMILES string of the molecule is CC(C)(CCNC(=O)C1COCC1N)CCC(=O)O. The van der Waals surface area contributed by atoms with E-state index in [2.05, 4.69) is 5.32 Å². The van der Waals surface area contributed by atoms with Gasteiger partial charge in [0.05, 0.1) is 19.1 Å². The van der Waals surface area contributed by atoms with Gasteiger partial charge in [0.15, 0.2) is 0 Å². The van der Waals surface area contributed by atoms with E-state index in [-0.39, 0.29) is 29.7 Å². The van der Waals surface area contributed by atoms with Gasteiger partial charge in [0, 0.05) is 19.0 Å². The van der Waals surface area contributed by atoms with Gasteiger partial charge >= 0.3 is 5.97 Å². The summed E-state index contributed by atoms with van der Waals surface area (Å²) >= 11 is 0. The summed E-state index contributed by atoms with van der Waals surface area (Å²) in [6.45, 7) is 5.37. The number of nitrogens with one attached hydrogen (secondary N) is 1. The number of carbonyl (C=O) groups excluding carboxylic acids is 1. The summed E-state index contributed by atoms with van der Waals surface area (Å²) in [6.07, 6.45) is 1.50. The Morgan fingerprint density at radius 1 is 1.37 bits per heavy atom. The Kier molecular flexibility index (Phi) is 5.75. The highest BCUT2D eigenvalue weighted by Crippen LogP contribution is 2.26. The summed E-state index contributed by atoms with van der Waals surface area (Å²) in [5, 5.41) is 11.5. The normalized spacial score (nSPS) is 23.3. The quantitative estimate of drug-likeness (QED) is 0.621. The van der Waals surface area contributed by atoms with Crippen molar-refractivity contribution < 1.29 is 19.4 Å². The molecular formula is C13H24N2O4. The predicted octanol–water partition coefficient (Wildman–Crippen LogP) is 0.357. The summed E-state index contributed by atoms with van der Waals surface area (Å²) in [4.78, 5) is 22.4. The first-order chi connectivity index (χ1) is 8.82. The lowest BCUT2D eigenvalue weighted by Crippen LogP contribution is -2.41. The maximum Gasteiger partial charge on any atom is 0.303 e. The molecule has 0 spiro atoms. The molecule has 1 heterocycles. The van der Waals surface area contributed by atoms with Gasteiger partial charge in [-0.1, -0.05) is 13.8 Å². The number of carbonyl (C=O) groups is 2. The lowest BCUT2D eigenvalue weighted by atomic mass is 9.84. The van der Waals surface area contributed by atoms with Crippen LogP contribution in [0.4, 0.5) is 0 Å². The lowest BCUT2D eigenvalue weighted by molar-refractivity contribution is -0.137. The van der Waals surface area contributed by atoms with E-state index >= 15 is 0 Å².